The van der Waals surface area contributed by atoms with Crippen molar-refractivity contribution in [1.29, 1.82) is 0 Å². The van der Waals surface area contributed by atoms with Gasteiger partial charge in [0.1, 0.15) is 12.7 Å². The highest BCUT2D eigenvalue weighted by atomic mass is 16.5. The van der Waals surface area contributed by atoms with Crippen molar-refractivity contribution in [2.45, 2.75) is 64.6 Å². The number of esters is 2. The molecule has 0 radical (unpaired) electrons. The lowest BCUT2D eigenvalue weighted by molar-refractivity contribution is -0.151. The molecule has 1 aliphatic carbocycles. The smallest absolute Gasteiger partial charge is 0.306 e. The molecule has 0 bridgehead atoms. The van der Waals surface area contributed by atoms with Crippen molar-refractivity contribution >= 4 is 22.7 Å². The van der Waals surface area contributed by atoms with E-state index in [0.717, 1.165) is 42.6 Å². The minimum absolute atomic E-state index is 0.0635. The first-order chi connectivity index (χ1) is 13.1. The van der Waals surface area contributed by atoms with Gasteiger partial charge >= 0.3 is 11.9 Å². The molecule has 1 fully saturated rings. The van der Waals surface area contributed by atoms with Gasteiger partial charge < -0.3 is 9.47 Å². The Kier molecular flexibility index (Phi) is 6.86. The first kappa shape index (κ1) is 19.4. The van der Waals surface area contributed by atoms with Crippen molar-refractivity contribution < 1.29 is 19.1 Å². The van der Waals surface area contributed by atoms with Gasteiger partial charge in [0, 0.05) is 12.8 Å². The van der Waals surface area contributed by atoms with Crippen LogP contribution in [-0.4, -0.2) is 18.0 Å². The van der Waals surface area contributed by atoms with E-state index >= 15 is 0 Å². The van der Waals surface area contributed by atoms with Crippen LogP contribution in [0.15, 0.2) is 42.5 Å². The standard InChI is InChI=1S/C23H28O4/c1-17-9-13-21(14-10-17)27-23(25)8-4-7-22(24)26-16-18-11-12-19-5-2-3-6-20(19)15-18/h2-3,5-6,11-12,15,17,21H,4,7-10,13-14,16H2,1H3. The van der Waals surface area contributed by atoms with Gasteiger partial charge in [0.25, 0.3) is 0 Å². The highest BCUT2D eigenvalue weighted by Gasteiger charge is 2.21. The second kappa shape index (κ2) is 9.54. The van der Waals surface area contributed by atoms with Crippen molar-refractivity contribution in [2.75, 3.05) is 0 Å². The molecule has 0 heterocycles. The van der Waals surface area contributed by atoms with Gasteiger partial charge in [-0.2, -0.15) is 0 Å². The summed E-state index contributed by atoms with van der Waals surface area (Å²) in [5.74, 6) is 0.261. The number of hydrogen-bond donors (Lipinski definition) is 0. The van der Waals surface area contributed by atoms with Crippen LogP contribution in [-0.2, 0) is 25.7 Å². The van der Waals surface area contributed by atoms with Crippen molar-refractivity contribution in [2.24, 2.45) is 5.92 Å². The van der Waals surface area contributed by atoms with E-state index < -0.39 is 0 Å². The lowest BCUT2D eigenvalue weighted by atomic mass is 9.89. The largest absolute Gasteiger partial charge is 0.462 e. The lowest BCUT2D eigenvalue weighted by Crippen LogP contribution is -2.23. The second-order valence-corrected chi connectivity index (χ2v) is 7.57. The van der Waals surface area contributed by atoms with Gasteiger partial charge in [0.2, 0.25) is 0 Å². The van der Waals surface area contributed by atoms with Crippen LogP contribution in [0.5, 0.6) is 0 Å². The summed E-state index contributed by atoms with van der Waals surface area (Å²) in [5, 5.41) is 2.30. The van der Waals surface area contributed by atoms with Gasteiger partial charge in [-0.05, 0) is 60.4 Å². The Morgan fingerprint density at radius 1 is 0.926 bits per heavy atom. The lowest BCUT2D eigenvalue weighted by Gasteiger charge is -2.25. The first-order valence-corrected chi connectivity index (χ1v) is 9.93. The van der Waals surface area contributed by atoms with Gasteiger partial charge in [-0.3, -0.25) is 9.59 Å². The third-order valence-corrected chi connectivity index (χ3v) is 5.24. The second-order valence-electron chi connectivity index (χ2n) is 7.57. The molecule has 0 amide bonds. The number of rotatable bonds is 7. The fraction of sp³-hybridized carbons (Fsp3) is 0.478. The predicted molar refractivity (Wildman–Crippen MR) is 105 cm³/mol. The van der Waals surface area contributed by atoms with Crippen LogP contribution in [0.25, 0.3) is 10.8 Å². The van der Waals surface area contributed by atoms with Crippen molar-refractivity contribution in [3.05, 3.63) is 48.0 Å². The summed E-state index contributed by atoms with van der Waals surface area (Å²) >= 11 is 0. The van der Waals surface area contributed by atoms with Crippen LogP contribution in [0.3, 0.4) is 0 Å². The third kappa shape index (κ3) is 6.09. The Hall–Kier alpha value is -2.36. The van der Waals surface area contributed by atoms with E-state index in [1.54, 1.807) is 0 Å². The number of carbonyl (C=O) groups is 2. The minimum Gasteiger partial charge on any atom is -0.462 e. The number of hydrogen-bond acceptors (Lipinski definition) is 4. The average Bonchev–Trinajstić information content (AvgIpc) is 2.68. The van der Waals surface area contributed by atoms with E-state index in [4.69, 9.17) is 9.47 Å². The maximum Gasteiger partial charge on any atom is 0.306 e. The molecular formula is C23H28O4. The molecule has 144 valence electrons. The van der Waals surface area contributed by atoms with Crippen LogP contribution in [0.2, 0.25) is 0 Å². The summed E-state index contributed by atoms with van der Waals surface area (Å²) in [7, 11) is 0. The van der Waals surface area contributed by atoms with E-state index in [2.05, 4.69) is 13.0 Å². The Bertz CT molecular complexity index is 775. The summed E-state index contributed by atoms with van der Waals surface area (Å²) in [6, 6.07) is 14.1. The SMILES string of the molecule is CC1CCC(OC(=O)CCCC(=O)OCc2ccc3ccccc3c2)CC1. The van der Waals surface area contributed by atoms with Gasteiger partial charge in [0.05, 0.1) is 0 Å². The maximum absolute atomic E-state index is 11.9. The molecule has 27 heavy (non-hydrogen) atoms. The molecule has 4 nitrogen and oxygen atoms in total. The zero-order valence-corrected chi connectivity index (χ0v) is 16.0. The van der Waals surface area contributed by atoms with E-state index in [-0.39, 0.29) is 37.5 Å². The molecule has 4 heteroatoms. The van der Waals surface area contributed by atoms with Crippen molar-refractivity contribution in [1.82, 2.24) is 0 Å². The van der Waals surface area contributed by atoms with Crippen molar-refractivity contribution in [3.63, 3.8) is 0 Å². The molecule has 2 aromatic rings. The Labute approximate surface area is 160 Å². The summed E-state index contributed by atoms with van der Waals surface area (Å²) < 4.78 is 10.8. The number of ether oxygens (including phenoxy) is 2. The zero-order chi connectivity index (χ0) is 19.1. The van der Waals surface area contributed by atoms with Crippen LogP contribution < -0.4 is 0 Å². The number of benzene rings is 2. The van der Waals surface area contributed by atoms with Gasteiger partial charge in [-0.15, -0.1) is 0 Å². The predicted octanol–water partition coefficient (Wildman–Crippen LogP) is 5.18. The number of carbonyl (C=O) groups excluding carboxylic acids is 2. The summed E-state index contributed by atoms with van der Waals surface area (Å²) in [6.45, 7) is 2.50. The molecule has 3 rings (SSSR count). The molecule has 1 aliphatic rings. The van der Waals surface area contributed by atoms with Crippen LogP contribution in [0, 0.1) is 5.92 Å². The van der Waals surface area contributed by atoms with Gasteiger partial charge in [-0.1, -0.05) is 43.3 Å². The summed E-state index contributed by atoms with van der Waals surface area (Å²) in [5.41, 5.74) is 0.966. The Morgan fingerprint density at radius 2 is 1.63 bits per heavy atom. The third-order valence-electron chi connectivity index (χ3n) is 5.24. The summed E-state index contributed by atoms with van der Waals surface area (Å²) in [6.07, 6.45) is 5.22. The van der Waals surface area contributed by atoms with E-state index in [0.29, 0.717) is 6.42 Å². The number of fused-ring (bicyclic) bond motifs is 1. The molecule has 0 spiro atoms. The highest BCUT2D eigenvalue weighted by molar-refractivity contribution is 5.83. The van der Waals surface area contributed by atoms with Crippen LogP contribution >= 0.6 is 0 Å². The van der Waals surface area contributed by atoms with Gasteiger partial charge in [0.15, 0.2) is 0 Å². The molecular weight excluding hydrogens is 340 g/mol. The Balaban J connectivity index is 1.33. The highest BCUT2D eigenvalue weighted by Crippen LogP contribution is 2.26. The summed E-state index contributed by atoms with van der Waals surface area (Å²) in [4.78, 5) is 23.8. The van der Waals surface area contributed by atoms with Crippen molar-refractivity contribution in [3.8, 4) is 0 Å². The van der Waals surface area contributed by atoms with E-state index in [1.165, 1.54) is 5.39 Å². The fourth-order valence-electron chi connectivity index (χ4n) is 3.53. The molecule has 0 atom stereocenters. The normalized spacial score (nSPS) is 19.6. The molecule has 0 aliphatic heterocycles. The molecule has 0 N–H and O–H groups in total. The average molecular weight is 368 g/mol. The maximum atomic E-state index is 11.9. The molecule has 0 unspecified atom stereocenters. The molecule has 0 saturated heterocycles. The first-order valence-electron chi connectivity index (χ1n) is 9.93. The van der Waals surface area contributed by atoms with Gasteiger partial charge in [-0.25, -0.2) is 0 Å². The zero-order valence-electron chi connectivity index (χ0n) is 16.0. The topological polar surface area (TPSA) is 52.6 Å². The van der Waals surface area contributed by atoms with Crippen LogP contribution in [0.4, 0.5) is 0 Å². The molecule has 1 saturated carbocycles. The van der Waals surface area contributed by atoms with Crippen LogP contribution in [0.1, 0.15) is 57.4 Å². The fourth-order valence-corrected chi connectivity index (χ4v) is 3.53. The Morgan fingerprint density at radius 3 is 2.41 bits per heavy atom. The van der Waals surface area contributed by atoms with E-state index in [1.807, 2.05) is 36.4 Å². The molecule has 2 aromatic carbocycles. The molecule has 0 aromatic heterocycles. The van der Waals surface area contributed by atoms with E-state index in [9.17, 15) is 9.59 Å². The quantitative estimate of drug-likeness (QED) is 0.632. The minimum atomic E-state index is -0.276. The monoisotopic (exact) mass is 368 g/mol.